The summed E-state index contributed by atoms with van der Waals surface area (Å²) in [6, 6.07) is 0. The molecule has 1 aromatic heterocycles. The van der Waals surface area contributed by atoms with E-state index in [4.69, 9.17) is 12.2 Å². The number of nitrogens with one attached hydrogen (secondary N) is 1. The Morgan fingerprint density at radius 3 is 2.56 bits per heavy atom. The second-order valence-corrected chi connectivity index (χ2v) is 3.43. The Bertz CT molecular complexity index is 438. The van der Waals surface area contributed by atoms with Gasteiger partial charge in [0, 0.05) is 13.0 Å². The van der Waals surface area contributed by atoms with Crippen molar-refractivity contribution in [2.45, 2.75) is 25.4 Å². The number of nitrogens with two attached hydrogens (primary N) is 1. The molecule has 0 aliphatic rings. The molecule has 0 bridgehead atoms. The van der Waals surface area contributed by atoms with Crippen molar-refractivity contribution in [1.82, 2.24) is 15.0 Å². The number of nitrogens with zero attached hydrogens (tertiary/aromatic N) is 3. The molecule has 0 aromatic carbocycles. The van der Waals surface area contributed by atoms with Crippen molar-refractivity contribution in [3.63, 3.8) is 0 Å². The van der Waals surface area contributed by atoms with Gasteiger partial charge in [0.15, 0.2) is 0 Å². The highest BCUT2D eigenvalue weighted by atomic mass is 19.4. The molecular weight excluding hydrogens is 247 g/mol. The molecular formula is C10H12F3N5. The van der Waals surface area contributed by atoms with Crippen molar-refractivity contribution in [3.8, 4) is 12.3 Å². The van der Waals surface area contributed by atoms with Gasteiger partial charge in [-0.15, -0.1) is 12.3 Å². The van der Waals surface area contributed by atoms with Crippen LogP contribution in [-0.2, 0) is 6.18 Å². The van der Waals surface area contributed by atoms with Gasteiger partial charge in [0.05, 0.1) is 0 Å². The molecule has 0 radical (unpaired) electrons. The summed E-state index contributed by atoms with van der Waals surface area (Å²) in [6.07, 6.45) is 2.52. The topological polar surface area (TPSA) is 76.7 Å². The summed E-state index contributed by atoms with van der Waals surface area (Å²) in [7, 11) is 0. The average molecular weight is 259 g/mol. The van der Waals surface area contributed by atoms with E-state index < -0.39 is 17.9 Å². The maximum atomic E-state index is 12.4. The molecule has 0 atom stereocenters. The summed E-state index contributed by atoms with van der Waals surface area (Å²) in [5.41, 5.74) is 5.18. The van der Waals surface area contributed by atoms with E-state index in [0.29, 0.717) is 19.4 Å². The minimum Gasteiger partial charge on any atom is -0.368 e. The molecule has 0 aliphatic carbocycles. The highest BCUT2D eigenvalue weighted by Gasteiger charge is 2.35. The van der Waals surface area contributed by atoms with Crippen molar-refractivity contribution in [1.29, 1.82) is 0 Å². The van der Waals surface area contributed by atoms with Crippen molar-refractivity contribution in [3.05, 3.63) is 5.82 Å². The van der Waals surface area contributed by atoms with Gasteiger partial charge in [0.2, 0.25) is 17.7 Å². The largest absolute Gasteiger partial charge is 0.451 e. The molecule has 0 spiro atoms. The molecule has 0 saturated heterocycles. The van der Waals surface area contributed by atoms with E-state index in [9.17, 15) is 13.2 Å². The number of unbranched alkanes of at least 4 members (excludes halogenated alkanes) is 2. The highest BCUT2D eigenvalue weighted by Crippen LogP contribution is 2.26. The summed E-state index contributed by atoms with van der Waals surface area (Å²) in [6.45, 7) is 0.419. The van der Waals surface area contributed by atoms with Gasteiger partial charge in [-0.05, 0) is 12.8 Å². The first kappa shape index (κ1) is 14.0. The molecule has 18 heavy (non-hydrogen) atoms. The molecule has 0 saturated carbocycles. The first-order valence-electron chi connectivity index (χ1n) is 5.19. The lowest BCUT2D eigenvalue weighted by Crippen LogP contribution is -2.16. The zero-order valence-corrected chi connectivity index (χ0v) is 9.46. The highest BCUT2D eigenvalue weighted by molar-refractivity contribution is 5.31. The van der Waals surface area contributed by atoms with Gasteiger partial charge >= 0.3 is 6.18 Å². The summed E-state index contributed by atoms with van der Waals surface area (Å²) >= 11 is 0. The van der Waals surface area contributed by atoms with Crippen LogP contribution in [-0.4, -0.2) is 21.5 Å². The molecule has 5 nitrogen and oxygen atoms in total. The standard InChI is InChI=1S/C10H12F3N5/c1-2-3-4-5-6-15-9-17-7(10(11,12)13)16-8(14)18-9/h1H,3-6H2,(H3,14,15,16,17,18). The van der Waals surface area contributed by atoms with Gasteiger partial charge < -0.3 is 11.1 Å². The number of halogens is 3. The summed E-state index contributed by atoms with van der Waals surface area (Å²) in [5.74, 6) is 0.508. The fraction of sp³-hybridized carbons (Fsp3) is 0.500. The Balaban J connectivity index is 2.61. The lowest BCUT2D eigenvalue weighted by Gasteiger charge is -2.08. The van der Waals surface area contributed by atoms with Gasteiger partial charge in [-0.25, -0.2) is 0 Å². The van der Waals surface area contributed by atoms with Gasteiger partial charge in [-0.2, -0.15) is 28.1 Å². The van der Waals surface area contributed by atoms with E-state index in [-0.39, 0.29) is 5.95 Å². The Morgan fingerprint density at radius 2 is 1.94 bits per heavy atom. The first-order valence-corrected chi connectivity index (χ1v) is 5.19. The molecule has 8 heteroatoms. The van der Waals surface area contributed by atoms with Crippen LogP contribution in [0.2, 0.25) is 0 Å². The van der Waals surface area contributed by atoms with Crippen molar-refractivity contribution in [2.24, 2.45) is 0 Å². The van der Waals surface area contributed by atoms with Crippen LogP contribution in [0.5, 0.6) is 0 Å². The third-order valence-corrected chi connectivity index (χ3v) is 1.94. The zero-order chi connectivity index (χ0) is 13.6. The van der Waals surface area contributed by atoms with E-state index in [1.807, 2.05) is 0 Å². The average Bonchev–Trinajstić information content (AvgIpc) is 2.27. The Kier molecular flexibility index (Phi) is 4.71. The van der Waals surface area contributed by atoms with E-state index in [0.717, 1.165) is 6.42 Å². The van der Waals surface area contributed by atoms with Crippen LogP contribution in [0, 0.1) is 12.3 Å². The van der Waals surface area contributed by atoms with Crippen LogP contribution in [0.15, 0.2) is 0 Å². The quantitative estimate of drug-likeness (QED) is 0.621. The van der Waals surface area contributed by atoms with Crippen LogP contribution in [0.25, 0.3) is 0 Å². The summed E-state index contributed by atoms with van der Waals surface area (Å²) < 4.78 is 37.1. The predicted octanol–water partition coefficient (Wildman–Crippen LogP) is 1.69. The fourth-order valence-electron chi connectivity index (χ4n) is 1.15. The third-order valence-electron chi connectivity index (χ3n) is 1.94. The smallest absolute Gasteiger partial charge is 0.368 e. The Hall–Kier alpha value is -2.04. The van der Waals surface area contributed by atoms with Gasteiger partial charge in [-0.1, -0.05) is 0 Å². The van der Waals surface area contributed by atoms with Gasteiger partial charge in [-0.3, -0.25) is 0 Å². The van der Waals surface area contributed by atoms with Crippen molar-refractivity contribution < 1.29 is 13.2 Å². The number of nitrogen functional groups attached to an aromatic ring is 1. The molecule has 1 heterocycles. The monoisotopic (exact) mass is 259 g/mol. The Labute approximate surface area is 102 Å². The molecule has 0 aliphatic heterocycles. The Morgan fingerprint density at radius 1 is 1.22 bits per heavy atom. The number of alkyl halides is 3. The van der Waals surface area contributed by atoms with Gasteiger partial charge in [0.25, 0.3) is 0 Å². The van der Waals surface area contributed by atoms with Gasteiger partial charge in [0.1, 0.15) is 0 Å². The van der Waals surface area contributed by atoms with Crippen molar-refractivity contribution in [2.75, 3.05) is 17.6 Å². The lowest BCUT2D eigenvalue weighted by atomic mass is 10.2. The molecule has 0 fully saturated rings. The number of hydrogen-bond donors (Lipinski definition) is 2. The molecule has 1 aromatic rings. The molecule has 98 valence electrons. The normalized spacial score (nSPS) is 11.0. The van der Waals surface area contributed by atoms with Crippen LogP contribution >= 0.6 is 0 Å². The summed E-state index contributed by atoms with van der Waals surface area (Å²) in [4.78, 5) is 9.84. The molecule has 1 rings (SSSR count). The van der Waals surface area contributed by atoms with E-state index in [2.05, 4.69) is 26.2 Å². The molecule has 0 amide bonds. The lowest BCUT2D eigenvalue weighted by molar-refractivity contribution is -0.144. The fourth-order valence-corrected chi connectivity index (χ4v) is 1.15. The van der Waals surface area contributed by atoms with Crippen LogP contribution < -0.4 is 11.1 Å². The van der Waals surface area contributed by atoms with E-state index >= 15 is 0 Å². The maximum absolute atomic E-state index is 12.4. The first-order chi connectivity index (χ1) is 8.43. The third kappa shape index (κ3) is 4.45. The number of hydrogen-bond acceptors (Lipinski definition) is 5. The minimum atomic E-state index is -4.64. The second-order valence-electron chi connectivity index (χ2n) is 3.43. The van der Waals surface area contributed by atoms with Crippen LogP contribution in [0.4, 0.5) is 25.1 Å². The summed E-state index contributed by atoms with van der Waals surface area (Å²) in [5, 5.41) is 2.65. The number of terminal acetylenes is 1. The SMILES string of the molecule is C#CCCCCNc1nc(N)nc(C(F)(F)F)n1. The minimum absolute atomic E-state index is 0.185. The van der Waals surface area contributed by atoms with Crippen LogP contribution in [0.3, 0.4) is 0 Å². The number of rotatable bonds is 5. The molecule has 0 unspecified atom stereocenters. The number of aromatic nitrogens is 3. The second kappa shape index (κ2) is 6.05. The van der Waals surface area contributed by atoms with E-state index in [1.165, 1.54) is 0 Å². The van der Waals surface area contributed by atoms with Crippen LogP contribution in [0.1, 0.15) is 25.1 Å². The predicted molar refractivity (Wildman–Crippen MR) is 60.4 cm³/mol. The van der Waals surface area contributed by atoms with E-state index in [1.54, 1.807) is 0 Å². The number of anilines is 2. The zero-order valence-electron chi connectivity index (χ0n) is 9.46. The van der Waals surface area contributed by atoms with Crippen molar-refractivity contribution >= 4 is 11.9 Å². The molecule has 3 N–H and O–H groups in total. The maximum Gasteiger partial charge on any atom is 0.451 e.